The van der Waals surface area contributed by atoms with Crippen molar-refractivity contribution in [1.29, 1.82) is 0 Å². The summed E-state index contributed by atoms with van der Waals surface area (Å²) in [6, 6.07) is 0. The molecule has 1 N–H and O–H groups in total. The first-order valence-electron chi connectivity index (χ1n) is 2.90. The molecule has 0 heterocycles. The topological polar surface area (TPSA) is 47.9 Å². The van der Waals surface area contributed by atoms with E-state index in [2.05, 4.69) is 0 Å². The summed E-state index contributed by atoms with van der Waals surface area (Å²) in [6.45, 7) is -3.00. The van der Waals surface area contributed by atoms with Gasteiger partial charge in [0, 0.05) is 14.2 Å². The summed E-state index contributed by atoms with van der Waals surface area (Å²) >= 11 is 20.7. The molecule has 0 rings (SSSR count). The molecule has 80 valence electrons. The summed E-state index contributed by atoms with van der Waals surface area (Å²) in [6.07, 6.45) is -1.69. The molecule has 0 fully saturated rings. The van der Waals surface area contributed by atoms with E-state index >= 15 is 0 Å². The van der Waals surface area contributed by atoms with Gasteiger partial charge in [-0.15, -0.1) is 0 Å². The van der Waals surface area contributed by atoms with Crippen LogP contribution in [0.1, 0.15) is 0 Å². The lowest BCUT2D eigenvalue weighted by molar-refractivity contribution is -0.0268. The Kier molecular flexibility index (Phi) is 6.02. The fourth-order valence-corrected chi connectivity index (χ4v) is 1.63. The summed E-state index contributed by atoms with van der Waals surface area (Å²) < 4.78 is 12.2. The predicted octanol–water partition coefficient (Wildman–Crippen LogP) is 2.21. The molecule has 0 radical (unpaired) electrons. The van der Waals surface area contributed by atoms with Crippen LogP contribution in [0.5, 0.6) is 0 Å². The minimum Gasteiger partial charge on any atom is -0.364 e. The summed E-state index contributed by atoms with van der Waals surface area (Å²) in [5.41, 5.74) is 0. The molecule has 1 atom stereocenters. The summed E-state index contributed by atoms with van der Waals surface area (Å²) in [4.78, 5) is 0. The highest BCUT2D eigenvalue weighted by molar-refractivity contribution is 8.07. The van der Waals surface area contributed by atoms with Crippen LogP contribution >= 0.6 is 41.5 Å². The van der Waals surface area contributed by atoms with Crippen molar-refractivity contribution < 1.29 is 18.7 Å². The van der Waals surface area contributed by atoms with E-state index in [1.807, 2.05) is 0 Å². The second-order valence-electron chi connectivity index (χ2n) is 1.81. The fourth-order valence-electron chi connectivity index (χ4n) is 0.343. The van der Waals surface area contributed by atoms with Gasteiger partial charge >= 0.3 is 6.72 Å². The van der Waals surface area contributed by atoms with Gasteiger partial charge in [0.25, 0.3) is 0 Å². The van der Waals surface area contributed by atoms with Gasteiger partial charge in [-0.3, -0.25) is 4.52 Å². The van der Waals surface area contributed by atoms with Crippen LogP contribution in [0.2, 0.25) is 0 Å². The normalized spacial score (nSPS) is 15.8. The first kappa shape index (κ1) is 14.4. The quantitative estimate of drug-likeness (QED) is 0.488. The Morgan fingerprint density at radius 3 is 1.92 bits per heavy atom. The molecule has 0 aliphatic carbocycles. The van der Waals surface area contributed by atoms with Crippen LogP contribution in [0, 0.1) is 0 Å². The standard InChI is InChI=1S/C4H8Cl3O4PS/c1-9-12(13,10-2)11-3(8)4(5,6)7/h3,8H,1-2H3. The maximum atomic E-state index is 9.17. The van der Waals surface area contributed by atoms with Crippen molar-refractivity contribution in [2.45, 2.75) is 10.1 Å². The molecule has 0 aliphatic heterocycles. The van der Waals surface area contributed by atoms with Gasteiger partial charge in [0.2, 0.25) is 10.1 Å². The van der Waals surface area contributed by atoms with E-state index in [4.69, 9.17) is 65.3 Å². The zero-order valence-electron chi connectivity index (χ0n) is 6.74. The number of hydrogen-bond acceptors (Lipinski definition) is 5. The number of aliphatic hydroxyl groups is 1. The van der Waals surface area contributed by atoms with Crippen molar-refractivity contribution in [2.75, 3.05) is 14.2 Å². The molecule has 0 saturated heterocycles. The Morgan fingerprint density at radius 2 is 1.69 bits per heavy atom. The largest absolute Gasteiger partial charge is 0.364 e. The van der Waals surface area contributed by atoms with Crippen molar-refractivity contribution in [2.24, 2.45) is 0 Å². The zero-order chi connectivity index (χ0) is 10.7. The van der Waals surface area contributed by atoms with Crippen LogP contribution in [0.15, 0.2) is 0 Å². The molecule has 0 aromatic carbocycles. The van der Waals surface area contributed by atoms with E-state index in [1.54, 1.807) is 0 Å². The third-order valence-electron chi connectivity index (χ3n) is 0.956. The Morgan fingerprint density at radius 1 is 1.31 bits per heavy atom. The van der Waals surface area contributed by atoms with Gasteiger partial charge in [-0.05, 0) is 11.8 Å². The molecule has 0 aliphatic rings. The van der Waals surface area contributed by atoms with Crippen LogP contribution in [0.4, 0.5) is 0 Å². The molecule has 1 unspecified atom stereocenters. The Balaban J connectivity index is 4.35. The third-order valence-corrected chi connectivity index (χ3v) is 4.02. The van der Waals surface area contributed by atoms with Gasteiger partial charge in [-0.2, -0.15) is 0 Å². The first-order valence-corrected chi connectivity index (χ1v) is 6.59. The summed E-state index contributed by atoms with van der Waals surface area (Å²) in [7, 11) is 2.55. The second-order valence-corrected chi connectivity index (χ2v) is 7.36. The van der Waals surface area contributed by atoms with Gasteiger partial charge in [-0.25, -0.2) is 0 Å². The lowest BCUT2D eigenvalue weighted by Gasteiger charge is -2.24. The smallest absolute Gasteiger partial charge is 0.329 e. The van der Waals surface area contributed by atoms with Gasteiger partial charge in [0.15, 0.2) is 0 Å². The van der Waals surface area contributed by atoms with E-state index in [0.717, 1.165) is 0 Å². The maximum absolute atomic E-state index is 9.17. The van der Waals surface area contributed by atoms with E-state index in [9.17, 15) is 0 Å². The van der Waals surface area contributed by atoms with Crippen LogP contribution < -0.4 is 0 Å². The lowest BCUT2D eigenvalue weighted by atomic mass is 10.8. The number of hydrogen-bond donors (Lipinski definition) is 1. The number of aliphatic hydroxyl groups excluding tert-OH is 1. The zero-order valence-corrected chi connectivity index (χ0v) is 10.7. The number of alkyl halides is 3. The first-order chi connectivity index (χ1) is 5.75. The average molecular weight is 290 g/mol. The van der Waals surface area contributed by atoms with Crippen molar-refractivity contribution in [3.63, 3.8) is 0 Å². The molecule has 0 aromatic rings. The van der Waals surface area contributed by atoms with E-state index in [-0.39, 0.29) is 0 Å². The minimum absolute atomic E-state index is 1.27. The molecule has 4 nitrogen and oxygen atoms in total. The van der Waals surface area contributed by atoms with Crippen molar-refractivity contribution in [3.8, 4) is 0 Å². The molecule has 0 aromatic heterocycles. The van der Waals surface area contributed by atoms with Crippen molar-refractivity contribution in [3.05, 3.63) is 0 Å². The van der Waals surface area contributed by atoms with Crippen LogP contribution in [0.3, 0.4) is 0 Å². The SMILES string of the molecule is COP(=S)(OC)OC(O)C(Cl)(Cl)Cl. The Labute approximate surface area is 96.3 Å². The Hall–Kier alpha value is 1.36. The van der Waals surface area contributed by atoms with Crippen LogP contribution in [-0.4, -0.2) is 29.4 Å². The molecular weight excluding hydrogens is 281 g/mol. The highest BCUT2D eigenvalue weighted by Gasteiger charge is 2.36. The van der Waals surface area contributed by atoms with E-state index in [1.165, 1.54) is 14.2 Å². The third kappa shape index (κ3) is 5.11. The highest BCUT2D eigenvalue weighted by Crippen LogP contribution is 2.51. The Bertz CT molecular complexity index is 200. The van der Waals surface area contributed by atoms with Gasteiger partial charge in [0.05, 0.1) is 0 Å². The molecular formula is C4H8Cl3O4PS. The highest BCUT2D eigenvalue weighted by atomic mass is 35.6. The summed E-state index contributed by atoms with van der Waals surface area (Å²) in [5.74, 6) is 0. The van der Waals surface area contributed by atoms with Gasteiger partial charge in [-0.1, -0.05) is 34.8 Å². The van der Waals surface area contributed by atoms with E-state index in [0.29, 0.717) is 0 Å². The molecule has 13 heavy (non-hydrogen) atoms. The number of rotatable bonds is 4. The number of halogens is 3. The molecule has 0 spiro atoms. The van der Waals surface area contributed by atoms with Crippen LogP contribution in [0.25, 0.3) is 0 Å². The van der Waals surface area contributed by atoms with Crippen molar-refractivity contribution in [1.82, 2.24) is 0 Å². The monoisotopic (exact) mass is 288 g/mol. The average Bonchev–Trinajstić information content (AvgIpc) is 2.02. The predicted molar refractivity (Wildman–Crippen MR) is 55.7 cm³/mol. The lowest BCUT2D eigenvalue weighted by Crippen LogP contribution is -2.27. The molecule has 0 saturated carbocycles. The van der Waals surface area contributed by atoms with Crippen LogP contribution in [-0.2, 0) is 25.4 Å². The van der Waals surface area contributed by atoms with Gasteiger partial charge < -0.3 is 14.2 Å². The fraction of sp³-hybridized carbons (Fsp3) is 1.00. The van der Waals surface area contributed by atoms with Crippen molar-refractivity contribution >= 4 is 53.3 Å². The van der Waals surface area contributed by atoms with E-state index < -0.39 is 16.8 Å². The minimum atomic E-state index is -3.00. The summed E-state index contributed by atoms with van der Waals surface area (Å²) in [5, 5.41) is 9.17. The van der Waals surface area contributed by atoms with Gasteiger partial charge in [0.1, 0.15) is 0 Å². The molecule has 0 amide bonds. The molecule has 9 heteroatoms. The maximum Gasteiger partial charge on any atom is 0.329 e. The second kappa shape index (κ2) is 5.45. The molecule has 0 bridgehead atoms.